The quantitative estimate of drug-likeness (QED) is 0.806. The van der Waals surface area contributed by atoms with Crippen molar-refractivity contribution >= 4 is 0 Å². The summed E-state index contributed by atoms with van der Waals surface area (Å²) in [4.78, 5) is 8.53. The third-order valence-electron chi connectivity index (χ3n) is 2.15. The molecule has 0 fully saturated rings. The summed E-state index contributed by atoms with van der Waals surface area (Å²) >= 11 is 0. The number of hydrogen-bond donors (Lipinski definition) is 1. The van der Waals surface area contributed by atoms with Crippen LogP contribution >= 0.6 is 0 Å². The van der Waals surface area contributed by atoms with Crippen LogP contribution in [0.3, 0.4) is 0 Å². The van der Waals surface area contributed by atoms with Crippen molar-refractivity contribution in [1.82, 2.24) is 9.97 Å². The number of nitrogens with zero attached hydrogens (tertiary/aromatic N) is 2. The third kappa shape index (κ3) is 2.19. The lowest BCUT2D eigenvalue weighted by molar-refractivity contribution is 0.741. The van der Waals surface area contributed by atoms with Gasteiger partial charge in [-0.25, -0.2) is 9.97 Å². The first-order valence-electron chi connectivity index (χ1n) is 4.91. The van der Waals surface area contributed by atoms with Gasteiger partial charge in [-0.1, -0.05) is 30.3 Å². The second kappa shape index (κ2) is 4.19. The highest BCUT2D eigenvalue weighted by Gasteiger charge is 2.04. The van der Waals surface area contributed by atoms with E-state index in [0.29, 0.717) is 5.82 Å². The minimum absolute atomic E-state index is 0.131. The molecule has 0 aliphatic heterocycles. The van der Waals surface area contributed by atoms with E-state index in [1.54, 1.807) is 6.20 Å². The van der Waals surface area contributed by atoms with Crippen LogP contribution in [0.15, 0.2) is 42.6 Å². The lowest BCUT2D eigenvalue weighted by atomic mass is 10.1. The van der Waals surface area contributed by atoms with Crippen LogP contribution in [0.25, 0.3) is 11.3 Å². The van der Waals surface area contributed by atoms with Crippen LogP contribution in [-0.2, 0) is 0 Å². The molecule has 1 aromatic carbocycles. The zero-order valence-corrected chi connectivity index (χ0v) is 8.59. The first kappa shape index (κ1) is 9.80. The standard InChI is InChI=1S/C12H13N3/c1-9(13)12-14-8-7-11(15-12)10-5-3-2-4-6-10/h2-9H,13H2,1H3. The minimum atomic E-state index is -0.131. The molecule has 2 N–H and O–H groups in total. The van der Waals surface area contributed by atoms with Crippen LogP contribution in [0.1, 0.15) is 18.8 Å². The SMILES string of the molecule is CC(N)c1nccc(-c2ccccc2)n1. The van der Waals surface area contributed by atoms with Crippen LogP contribution in [0.4, 0.5) is 0 Å². The molecule has 3 heteroatoms. The molecular formula is C12H13N3. The Kier molecular flexibility index (Phi) is 2.74. The van der Waals surface area contributed by atoms with Gasteiger partial charge >= 0.3 is 0 Å². The Morgan fingerprint density at radius 2 is 1.87 bits per heavy atom. The van der Waals surface area contributed by atoms with Crippen LogP contribution < -0.4 is 5.73 Å². The molecule has 1 atom stereocenters. The van der Waals surface area contributed by atoms with Crippen molar-refractivity contribution in [2.24, 2.45) is 5.73 Å². The van der Waals surface area contributed by atoms with Crippen LogP contribution in [0, 0.1) is 0 Å². The van der Waals surface area contributed by atoms with E-state index in [2.05, 4.69) is 9.97 Å². The van der Waals surface area contributed by atoms with Crippen molar-refractivity contribution < 1.29 is 0 Å². The highest BCUT2D eigenvalue weighted by Crippen LogP contribution is 2.16. The Morgan fingerprint density at radius 1 is 1.13 bits per heavy atom. The van der Waals surface area contributed by atoms with E-state index in [4.69, 9.17) is 5.73 Å². The van der Waals surface area contributed by atoms with E-state index in [1.807, 2.05) is 43.3 Å². The van der Waals surface area contributed by atoms with Crippen molar-refractivity contribution in [3.63, 3.8) is 0 Å². The predicted molar refractivity (Wildman–Crippen MR) is 60.1 cm³/mol. The van der Waals surface area contributed by atoms with Gasteiger partial charge in [0.1, 0.15) is 5.82 Å². The maximum absolute atomic E-state index is 5.74. The lowest BCUT2D eigenvalue weighted by Gasteiger charge is -2.05. The summed E-state index contributed by atoms with van der Waals surface area (Å²) in [5.74, 6) is 0.677. The van der Waals surface area contributed by atoms with Crippen LogP contribution in [0.5, 0.6) is 0 Å². The molecule has 0 aliphatic rings. The van der Waals surface area contributed by atoms with E-state index >= 15 is 0 Å². The molecule has 1 unspecified atom stereocenters. The second-order valence-electron chi connectivity index (χ2n) is 3.45. The smallest absolute Gasteiger partial charge is 0.145 e. The number of rotatable bonds is 2. The fraction of sp³-hybridized carbons (Fsp3) is 0.167. The Balaban J connectivity index is 2.42. The molecule has 15 heavy (non-hydrogen) atoms. The first-order valence-corrected chi connectivity index (χ1v) is 4.91. The van der Waals surface area contributed by atoms with Gasteiger partial charge in [0.15, 0.2) is 0 Å². The molecule has 0 saturated heterocycles. The minimum Gasteiger partial charge on any atom is -0.322 e. The zero-order chi connectivity index (χ0) is 10.7. The van der Waals surface area contributed by atoms with Gasteiger partial charge in [0.25, 0.3) is 0 Å². The fourth-order valence-corrected chi connectivity index (χ4v) is 1.36. The average molecular weight is 199 g/mol. The summed E-state index contributed by atoms with van der Waals surface area (Å²) in [6, 6.07) is 11.8. The Hall–Kier alpha value is -1.74. The molecule has 0 aliphatic carbocycles. The Morgan fingerprint density at radius 3 is 2.53 bits per heavy atom. The summed E-state index contributed by atoms with van der Waals surface area (Å²) in [6.45, 7) is 1.88. The number of hydrogen-bond acceptors (Lipinski definition) is 3. The molecule has 0 radical (unpaired) electrons. The zero-order valence-electron chi connectivity index (χ0n) is 8.59. The van der Waals surface area contributed by atoms with Crippen LogP contribution in [-0.4, -0.2) is 9.97 Å². The van der Waals surface area contributed by atoms with Crippen molar-refractivity contribution in [3.05, 3.63) is 48.4 Å². The molecule has 3 nitrogen and oxygen atoms in total. The first-order chi connectivity index (χ1) is 7.27. The van der Waals surface area contributed by atoms with Crippen molar-refractivity contribution in [1.29, 1.82) is 0 Å². The summed E-state index contributed by atoms with van der Waals surface area (Å²) in [6.07, 6.45) is 1.74. The molecule has 1 heterocycles. The topological polar surface area (TPSA) is 51.8 Å². The number of benzene rings is 1. The largest absolute Gasteiger partial charge is 0.322 e. The van der Waals surface area contributed by atoms with E-state index in [0.717, 1.165) is 11.3 Å². The van der Waals surface area contributed by atoms with E-state index in [1.165, 1.54) is 0 Å². The van der Waals surface area contributed by atoms with Crippen molar-refractivity contribution in [3.8, 4) is 11.3 Å². The summed E-state index contributed by atoms with van der Waals surface area (Å²) in [5, 5.41) is 0. The van der Waals surface area contributed by atoms with Crippen LogP contribution in [0.2, 0.25) is 0 Å². The van der Waals surface area contributed by atoms with Gasteiger partial charge in [0.05, 0.1) is 11.7 Å². The third-order valence-corrected chi connectivity index (χ3v) is 2.15. The molecule has 0 saturated carbocycles. The van der Waals surface area contributed by atoms with Gasteiger partial charge < -0.3 is 5.73 Å². The summed E-state index contributed by atoms with van der Waals surface area (Å²) in [7, 11) is 0. The van der Waals surface area contributed by atoms with Gasteiger partial charge in [-0.3, -0.25) is 0 Å². The monoisotopic (exact) mass is 199 g/mol. The molecule has 2 aromatic rings. The Labute approximate surface area is 89.0 Å². The number of nitrogens with two attached hydrogens (primary N) is 1. The highest BCUT2D eigenvalue weighted by atomic mass is 14.9. The van der Waals surface area contributed by atoms with Gasteiger partial charge in [0.2, 0.25) is 0 Å². The molecular weight excluding hydrogens is 186 g/mol. The highest BCUT2D eigenvalue weighted by molar-refractivity contribution is 5.58. The van der Waals surface area contributed by atoms with Gasteiger partial charge in [-0.05, 0) is 13.0 Å². The fourth-order valence-electron chi connectivity index (χ4n) is 1.36. The summed E-state index contributed by atoms with van der Waals surface area (Å²) < 4.78 is 0. The molecule has 2 rings (SSSR count). The second-order valence-corrected chi connectivity index (χ2v) is 3.45. The number of aromatic nitrogens is 2. The maximum Gasteiger partial charge on any atom is 0.145 e. The average Bonchev–Trinajstić information content (AvgIpc) is 2.30. The van der Waals surface area contributed by atoms with E-state index in [9.17, 15) is 0 Å². The molecule has 1 aromatic heterocycles. The molecule has 76 valence electrons. The molecule has 0 amide bonds. The molecule has 0 bridgehead atoms. The van der Waals surface area contributed by atoms with E-state index in [-0.39, 0.29) is 6.04 Å². The Bertz CT molecular complexity index is 438. The predicted octanol–water partition coefficient (Wildman–Crippen LogP) is 2.16. The van der Waals surface area contributed by atoms with Crippen molar-refractivity contribution in [2.45, 2.75) is 13.0 Å². The van der Waals surface area contributed by atoms with Gasteiger partial charge in [0, 0.05) is 11.8 Å². The van der Waals surface area contributed by atoms with E-state index < -0.39 is 0 Å². The van der Waals surface area contributed by atoms with Gasteiger partial charge in [-0.2, -0.15) is 0 Å². The van der Waals surface area contributed by atoms with Gasteiger partial charge in [-0.15, -0.1) is 0 Å². The van der Waals surface area contributed by atoms with Crippen molar-refractivity contribution in [2.75, 3.05) is 0 Å². The lowest BCUT2D eigenvalue weighted by Crippen LogP contribution is -2.09. The normalized spacial score (nSPS) is 12.4. The summed E-state index contributed by atoms with van der Waals surface area (Å²) in [5.41, 5.74) is 7.74. The molecule has 0 spiro atoms. The maximum atomic E-state index is 5.74.